The molecule has 29 heavy (non-hydrogen) atoms. The Balaban J connectivity index is 1.31. The zero-order chi connectivity index (χ0) is 20.1. The summed E-state index contributed by atoms with van der Waals surface area (Å²) in [5.41, 5.74) is 1.35. The molecule has 2 fully saturated rings. The molecule has 7 nitrogen and oxygen atoms in total. The Morgan fingerprint density at radius 2 is 1.93 bits per heavy atom. The van der Waals surface area contributed by atoms with Gasteiger partial charge in [0.15, 0.2) is 6.61 Å². The van der Waals surface area contributed by atoms with Gasteiger partial charge < -0.3 is 15.0 Å². The first kappa shape index (κ1) is 19.5. The standard InChI is InChI=1S/C22H28N4O3/c27-21(15-29-18-10-2-1-3-11-18)26-12-6-7-16(14-26)19-13-20(25-24-19)22(28)23-17-8-4-5-9-17/h1-3,10-11,13,16-17H,4-9,12,14-15H2,(H,23,28)(H,24,25)/t16-/m1/s1. The first-order chi connectivity index (χ1) is 14.2. The largest absolute Gasteiger partial charge is 0.484 e. The van der Waals surface area contributed by atoms with Gasteiger partial charge in [-0.25, -0.2) is 0 Å². The Kier molecular flexibility index (Phi) is 6.12. The number of rotatable bonds is 6. The van der Waals surface area contributed by atoms with E-state index in [1.807, 2.05) is 41.3 Å². The molecule has 1 aromatic carbocycles. The number of nitrogens with one attached hydrogen (secondary N) is 2. The number of ether oxygens (including phenoxy) is 1. The molecule has 4 rings (SSSR count). The number of H-pyrrole nitrogens is 1. The van der Waals surface area contributed by atoms with Crippen molar-refractivity contribution in [3.05, 3.63) is 47.8 Å². The number of carbonyl (C=O) groups excluding carboxylic acids is 2. The summed E-state index contributed by atoms with van der Waals surface area (Å²) in [6.45, 7) is 1.38. The number of carbonyl (C=O) groups is 2. The van der Waals surface area contributed by atoms with E-state index in [9.17, 15) is 9.59 Å². The van der Waals surface area contributed by atoms with Gasteiger partial charge in [-0.3, -0.25) is 14.7 Å². The number of aromatic amines is 1. The van der Waals surface area contributed by atoms with E-state index in [1.54, 1.807) is 0 Å². The molecule has 1 saturated carbocycles. The average Bonchev–Trinajstić information content (AvgIpc) is 3.45. The molecule has 2 heterocycles. The second-order valence-corrected chi connectivity index (χ2v) is 7.94. The molecule has 0 spiro atoms. The van der Waals surface area contributed by atoms with Crippen molar-refractivity contribution in [1.29, 1.82) is 0 Å². The average molecular weight is 396 g/mol. The van der Waals surface area contributed by atoms with Gasteiger partial charge in [0.05, 0.1) is 0 Å². The van der Waals surface area contributed by atoms with Crippen LogP contribution in [0.1, 0.15) is 60.6 Å². The molecular formula is C22H28N4O3. The fraction of sp³-hybridized carbons (Fsp3) is 0.500. The van der Waals surface area contributed by atoms with Crippen molar-refractivity contribution in [2.45, 2.75) is 50.5 Å². The maximum Gasteiger partial charge on any atom is 0.271 e. The van der Waals surface area contributed by atoms with Gasteiger partial charge in [0.1, 0.15) is 11.4 Å². The molecule has 2 amide bonds. The molecule has 1 aliphatic carbocycles. The Bertz CT molecular complexity index is 830. The van der Waals surface area contributed by atoms with E-state index in [1.165, 1.54) is 12.8 Å². The Morgan fingerprint density at radius 3 is 2.72 bits per heavy atom. The smallest absolute Gasteiger partial charge is 0.271 e. The van der Waals surface area contributed by atoms with E-state index >= 15 is 0 Å². The van der Waals surface area contributed by atoms with Crippen LogP contribution in [-0.2, 0) is 4.79 Å². The molecule has 1 aromatic heterocycles. The lowest BCUT2D eigenvalue weighted by molar-refractivity contribution is -0.134. The van der Waals surface area contributed by atoms with Crippen LogP contribution in [-0.4, -0.2) is 52.6 Å². The number of benzene rings is 1. The summed E-state index contributed by atoms with van der Waals surface area (Å²) in [6.07, 6.45) is 6.34. The van der Waals surface area contributed by atoms with E-state index in [0.717, 1.165) is 37.9 Å². The van der Waals surface area contributed by atoms with Gasteiger partial charge in [0, 0.05) is 30.7 Å². The molecule has 7 heteroatoms. The maximum absolute atomic E-state index is 12.6. The summed E-state index contributed by atoms with van der Waals surface area (Å²) >= 11 is 0. The van der Waals surface area contributed by atoms with Crippen molar-refractivity contribution in [3.8, 4) is 5.75 Å². The minimum atomic E-state index is -0.112. The van der Waals surface area contributed by atoms with E-state index in [2.05, 4.69) is 15.5 Å². The number of piperidine rings is 1. The lowest BCUT2D eigenvalue weighted by Gasteiger charge is -2.32. The highest BCUT2D eigenvalue weighted by Gasteiger charge is 2.27. The van der Waals surface area contributed by atoms with Gasteiger partial charge in [-0.05, 0) is 43.9 Å². The first-order valence-electron chi connectivity index (χ1n) is 10.5. The lowest BCUT2D eigenvalue weighted by atomic mass is 9.94. The van der Waals surface area contributed by atoms with Crippen LogP contribution >= 0.6 is 0 Å². The van der Waals surface area contributed by atoms with E-state index in [-0.39, 0.29) is 30.4 Å². The van der Waals surface area contributed by atoms with Crippen LogP contribution in [0.5, 0.6) is 5.75 Å². The van der Waals surface area contributed by atoms with Gasteiger partial charge >= 0.3 is 0 Å². The normalized spacial score (nSPS) is 19.9. The van der Waals surface area contributed by atoms with Crippen molar-refractivity contribution in [2.75, 3.05) is 19.7 Å². The summed E-state index contributed by atoms with van der Waals surface area (Å²) in [5.74, 6) is 0.725. The van der Waals surface area contributed by atoms with Crippen molar-refractivity contribution >= 4 is 11.8 Å². The maximum atomic E-state index is 12.6. The number of para-hydroxylation sites is 1. The second-order valence-electron chi connectivity index (χ2n) is 7.94. The minimum absolute atomic E-state index is 0.0164. The second kappa shape index (κ2) is 9.11. The summed E-state index contributed by atoms with van der Waals surface area (Å²) in [4.78, 5) is 26.8. The van der Waals surface area contributed by atoms with Crippen molar-refractivity contribution in [2.24, 2.45) is 0 Å². The third kappa shape index (κ3) is 4.96. The number of nitrogens with zero attached hydrogens (tertiary/aromatic N) is 2. The van der Waals surface area contributed by atoms with Crippen LogP contribution in [0.2, 0.25) is 0 Å². The predicted molar refractivity (Wildman–Crippen MR) is 109 cm³/mol. The molecule has 0 bridgehead atoms. The van der Waals surface area contributed by atoms with Gasteiger partial charge in [0.2, 0.25) is 0 Å². The summed E-state index contributed by atoms with van der Waals surface area (Å²) in [5, 5.41) is 10.3. The number of hydrogen-bond donors (Lipinski definition) is 2. The van der Waals surface area contributed by atoms with Gasteiger partial charge in [-0.1, -0.05) is 31.0 Å². The monoisotopic (exact) mass is 396 g/mol. The van der Waals surface area contributed by atoms with E-state index in [4.69, 9.17) is 4.74 Å². The highest BCUT2D eigenvalue weighted by molar-refractivity contribution is 5.92. The Hall–Kier alpha value is -2.83. The molecular weight excluding hydrogens is 368 g/mol. The van der Waals surface area contributed by atoms with Gasteiger partial charge in [0.25, 0.3) is 11.8 Å². The minimum Gasteiger partial charge on any atom is -0.484 e. The van der Waals surface area contributed by atoms with Crippen LogP contribution in [0.25, 0.3) is 0 Å². The highest BCUT2D eigenvalue weighted by Crippen LogP contribution is 2.26. The molecule has 2 N–H and O–H groups in total. The van der Waals surface area contributed by atoms with E-state index < -0.39 is 0 Å². The Morgan fingerprint density at radius 1 is 1.14 bits per heavy atom. The Labute approximate surface area is 170 Å². The molecule has 2 aliphatic rings. The third-order valence-electron chi connectivity index (χ3n) is 5.84. The number of amides is 2. The summed E-state index contributed by atoms with van der Waals surface area (Å²) in [7, 11) is 0. The molecule has 1 saturated heterocycles. The first-order valence-corrected chi connectivity index (χ1v) is 10.5. The van der Waals surface area contributed by atoms with Crippen LogP contribution in [0.15, 0.2) is 36.4 Å². The van der Waals surface area contributed by atoms with Crippen LogP contribution < -0.4 is 10.1 Å². The van der Waals surface area contributed by atoms with Crippen LogP contribution in [0.4, 0.5) is 0 Å². The van der Waals surface area contributed by atoms with Crippen LogP contribution in [0, 0.1) is 0 Å². The van der Waals surface area contributed by atoms with Crippen molar-refractivity contribution in [1.82, 2.24) is 20.4 Å². The summed E-state index contributed by atoms with van der Waals surface area (Å²) in [6, 6.07) is 11.5. The van der Waals surface area contributed by atoms with Crippen molar-refractivity contribution < 1.29 is 14.3 Å². The van der Waals surface area contributed by atoms with Gasteiger partial charge in [-0.2, -0.15) is 5.10 Å². The molecule has 0 radical (unpaired) electrons. The fourth-order valence-corrected chi connectivity index (χ4v) is 4.20. The molecule has 2 aromatic rings. The van der Waals surface area contributed by atoms with Gasteiger partial charge in [-0.15, -0.1) is 0 Å². The summed E-state index contributed by atoms with van der Waals surface area (Å²) < 4.78 is 5.60. The zero-order valence-corrected chi connectivity index (χ0v) is 16.6. The molecule has 1 atom stereocenters. The fourth-order valence-electron chi connectivity index (χ4n) is 4.20. The number of likely N-dealkylation sites (tertiary alicyclic amines) is 1. The predicted octanol–water partition coefficient (Wildman–Crippen LogP) is 2.87. The van der Waals surface area contributed by atoms with E-state index in [0.29, 0.717) is 18.0 Å². The zero-order valence-electron chi connectivity index (χ0n) is 16.6. The third-order valence-corrected chi connectivity index (χ3v) is 5.84. The molecule has 154 valence electrons. The quantitative estimate of drug-likeness (QED) is 0.786. The molecule has 1 aliphatic heterocycles. The number of hydrogen-bond acceptors (Lipinski definition) is 4. The van der Waals surface area contributed by atoms with Crippen molar-refractivity contribution in [3.63, 3.8) is 0 Å². The lowest BCUT2D eigenvalue weighted by Crippen LogP contribution is -2.41. The highest BCUT2D eigenvalue weighted by atomic mass is 16.5. The number of aromatic nitrogens is 2. The topological polar surface area (TPSA) is 87.3 Å². The van der Waals surface area contributed by atoms with Crippen LogP contribution in [0.3, 0.4) is 0 Å². The SMILES string of the molecule is O=C(NC1CCCC1)c1cc([C@@H]2CCCN(C(=O)COc3ccccc3)C2)[nH]n1. The molecule has 0 unspecified atom stereocenters.